The van der Waals surface area contributed by atoms with Crippen LogP contribution in [0.3, 0.4) is 0 Å². The molecule has 0 atom stereocenters. The van der Waals surface area contributed by atoms with Gasteiger partial charge in [-0.1, -0.05) is 48.1 Å². The molecule has 1 aromatic carbocycles. The Kier molecular flexibility index (Phi) is 3.86. The third kappa shape index (κ3) is 3.40. The molecule has 0 radical (unpaired) electrons. The fraction of sp³-hybridized carbons (Fsp3) is 0.154. The summed E-state index contributed by atoms with van der Waals surface area (Å²) in [5.41, 5.74) is 1.91. The second kappa shape index (κ2) is 5.18. The summed E-state index contributed by atoms with van der Waals surface area (Å²) in [6, 6.07) is 9.25. The molecule has 1 heteroatoms. The van der Waals surface area contributed by atoms with Gasteiger partial charge in [0.25, 0.3) is 0 Å². The summed E-state index contributed by atoms with van der Waals surface area (Å²) in [6.45, 7) is 3.99. The molecule has 0 saturated carbocycles. The third-order valence-corrected chi connectivity index (χ3v) is 1.74. The van der Waals surface area contributed by atoms with E-state index in [4.69, 9.17) is 0 Å². The molecule has 14 heavy (non-hydrogen) atoms. The minimum Gasteiger partial charge on any atom is -0.289 e. The highest BCUT2D eigenvalue weighted by molar-refractivity contribution is 6.04. The van der Waals surface area contributed by atoms with Gasteiger partial charge in [-0.2, -0.15) is 0 Å². The van der Waals surface area contributed by atoms with Crippen LogP contribution < -0.4 is 0 Å². The minimum absolute atomic E-state index is 0.0445. The number of carbonyl (C=O) groups is 1. The summed E-state index contributed by atoms with van der Waals surface area (Å²) in [5.74, 6) is 0.0445. The smallest absolute Gasteiger partial charge is 0.185 e. The van der Waals surface area contributed by atoms with Crippen molar-refractivity contribution in [1.82, 2.24) is 0 Å². The van der Waals surface area contributed by atoms with E-state index in [9.17, 15) is 4.79 Å². The van der Waals surface area contributed by atoms with Crippen molar-refractivity contribution in [1.29, 1.82) is 0 Å². The Bertz CT molecular complexity index is 354. The van der Waals surface area contributed by atoms with E-state index < -0.39 is 0 Å². The third-order valence-electron chi connectivity index (χ3n) is 1.74. The first kappa shape index (κ1) is 10.5. The van der Waals surface area contributed by atoms with Gasteiger partial charge in [0.1, 0.15) is 0 Å². The molecule has 0 heterocycles. The molecule has 0 unspecified atom stereocenters. The fourth-order valence-corrected chi connectivity index (χ4v) is 1.03. The van der Waals surface area contributed by atoms with Gasteiger partial charge in [0.05, 0.1) is 0 Å². The molecule has 0 saturated heterocycles. The summed E-state index contributed by atoms with van der Waals surface area (Å²) in [6.07, 6.45) is 5.29. The quantitative estimate of drug-likeness (QED) is 0.401. The normalized spacial score (nSPS) is 10.1. The first-order valence-electron chi connectivity index (χ1n) is 4.61. The van der Waals surface area contributed by atoms with Crippen LogP contribution in [0.1, 0.15) is 24.2 Å². The molecule has 0 N–H and O–H groups in total. The van der Waals surface area contributed by atoms with Crippen molar-refractivity contribution in [2.45, 2.75) is 13.8 Å². The standard InChI is InChI=1S/C13H14O/c1-11(2)7-6-10-13(14)12-8-4-3-5-9-12/h3-10H,1-2H3. The second-order valence-electron chi connectivity index (χ2n) is 3.33. The van der Waals surface area contributed by atoms with E-state index in [0.717, 1.165) is 5.56 Å². The van der Waals surface area contributed by atoms with Crippen molar-refractivity contribution in [2.24, 2.45) is 0 Å². The Morgan fingerprint density at radius 2 is 1.79 bits per heavy atom. The Morgan fingerprint density at radius 1 is 1.14 bits per heavy atom. The van der Waals surface area contributed by atoms with Crippen molar-refractivity contribution in [3.63, 3.8) is 0 Å². The van der Waals surface area contributed by atoms with Crippen LogP contribution in [0.2, 0.25) is 0 Å². The lowest BCUT2D eigenvalue weighted by Crippen LogP contribution is -1.92. The Morgan fingerprint density at radius 3 is 2.36 bits per heavy atom. The molecule has 72 valence electrons. The largest absolute Gasteiger partial charge is 0.289 e. The summed E-state index contributed by atoms with van der Waals surface area (Å²) < 4.78 is 0. The molecule has 0 aromatic heterocycles. The van der Waals surface area contributed by atoms with Gasteiger partial charge in [-0.3, -0.25) is 4.79 Å². The van der Waals surface area contributed by atoms with Crippen molar-refractivity contribution in [3.8, 4) is 0 Å². The van der Waals surface area contributed by atoms with E-state index in [1.807, 2.05) is 50.3 Å². The van der Waals surface area contributed by atoms with Crippen molar-refractivity contribution in [3.05, 3.63) is 59.7 Å². The number of rotatable bonds is 3. The van der Waals surface area contributed by atoms with Crippen LogP contribution in [0.5, 0.6) is 0 Å². The molecule has 0 amide bonds. The molecule has 0 bridgehead atoms. The number of benzene rings is 1. The zero-order valence-electron chi connectivity index (χ0n) is 8.53. The number of hydrogen-bond donors (Lipinski definition) is 0. The monoisotopic (exact) mass is 186 g/mol. The fourth-order valence-electron chi connectivity index (χ4n) is 1.03. The average molecular weight is 186 g/mol. The molecule has 1 aromatic rings. The van der Waals surface area contributed by atoms with Gasteiger partial charge in [0.15, 0.2) is 5.78 Å². The molecule has 0 spiro atoms. The van der Waals surface area contributed by atoms with Gasteiger partial charge >= 0.3 is 0 Å². The predicted molar refractivity (Wildman–Crippen MR) is 59.3 cm³/mol. The lowest BCUT2D eigenvalue weighted by Gasteiger charge is -1.92. The van der Waals surface area contributed by atoms with E-state index in [2.05, 4.69) is 0 Å². The minimum atomic E-state index is 0.0445. The van der Waals surface area contributed by atoms with Gasteiger partial charge in [0, 0.05) is 5.56 Å². The molecular weight excluding hydrogens is 172 g/mol. The van der Waals surface area contributed by atoms with Gasteiger partial charge in [-0.25, -0.2) is 0 Å². The van der Waals surface area contributed by atoms with E-state index >= 15 is 0 Å². The van der Waals surface area contributed by atoms with Crippen LogP contribution in [-0.4, -0.2) is 5.78 Å². The average Bonchev–Trinajstić information content (AvgIpc) is 2.18. The highest BCUT2D eigenvalue weighted by Crippen LogP contribution is 2.01. The zero-order valence-corrected chi connectivity index (χ0v) is 8.53. The van der Waals surface area contributed by atoms with Gasteiger partial charge in [-0.05, 0) is 19.9 Å². The predicted octanol–water partition coefficient (Wildman–Crippen LogP) is 3.39. The molecular formula is C13H14O. The summed E-state index contributed by atoms with van der Waals surface area (Å²) in [7, 11) is 0. The second-order valence-corrected chi connectivity index (χ2v) is 3.33. The summed E-state index contributed by atoms with van der Waals surface area (Å²) >= 11 is 0. The van der Waals surface area contributed by atoms with E-state index in [1.165, 1.54) is 5.57 Å². The maximum absolute atomic E-state index is 11.5. The SMILES string of the molecule is CC(C)=CC=CC(=O)c1ccccc1. The van der Waals surface area contributed by atoms with E-state index in [0.29, 0.717) is 0 Å². The van der Waals surface area contributed by atoms with Crippen molar-refractivity contribution >= 4 is 5.78 Å². The lowest BCUT2D eigenvalue weighted by molar-refractivity contribution is 0.104. The summed E-state index contributed by atoms with van der Waals surface area (Å²) in [5, 5.41) is 0. The topological polar surface area (TPSA) is 17.1 Å². The Hall–Kier alpha value is -1.63. The van der Waals surface area contributed by atoms with Crippen LogP contribution in [-0.2, 0) is 0 Å². The van der Waals surface area contributed by atoms with Crippen LogP contribution >= 0.6 is 0 Å². The van der Waals surface area contributed by atoms with Crippen LogP contribution in [0, 0.1) is 0 Å². The van der Waals surface area contributed by atoms with Crippen LogP contribution in [0.15, 0.2) is 54.1 Å². The van der Waals surface area contributed by atoms with Crippen LogP contribution in [0.4, 0.5) is 0 Å². The molecule has 0 aliphatic carbocycles. The summed E-state index contributed by atoms with van der Waals surface area (Å²) in [4.78, 5) is 11.5. The van der Waals surface area contributed by atoms with Gasteiger partial charge < -0.3 is 0 Å². The Balaban J connectivity index is 2.69. The lowest BCUT2D eigenvalue weighted by atomic mass is 10.1. The first-order chi connectivity index (χ1) is 6.70. The van der Waals surface area contributed by atoms with Gasteiger partial charge in [-0.15, -0.1) is 0 Å². The molecule has 0 fully saturated rings. The maximum Gasteiger partial charge on any atom is 0.185 e. The van der Waals surface area contributed by atoms with Crippen LogP contribution in [0.25, 0.3) is 0 Å². The number of allylic oxidation sites excluding steroid dienone is 4. The van der Waals surface area contributed by atoms with Gasteiger partial charge in [0.2, 0.25) is 0 Å². The molecule has 1 nitrogen and oxygen atoms in total. The Labute approximate surface area is 84.8 Å². The maximum atomic E-state index is 11.5. The molecule has 0 aliphatic rings. The van der Waals surface area contributed by atoms with Crippen molar-refractivity contribution < 1.29 is 4.79 Å². The highest BCUT2D eigenvalue weighted by Gasteiger charge is 1.97. The van der Waals surface area contributed by atoms with E-state index in [1.54, 1.807) is 12.2 Å². The molecule has 1 rings (SSSR count). The highest BCUT2D eigenvalue weighted by atomic mass is 16.1. The number of carbonyl (C=O) groups excluding carboxylic acids is 1. The van der Waals surface area contributed by atoms with Crippen molar-refractivity contribution in [2.75, 3.05) is 0 Å². The molecule has 0 aliphatic heterocycles. The van der Waals surface area contributed by atoms with E-state index in [-0.39, 0.29) is 5.78 Å². The number of hydrogen-bond acceptors (Lipinski definition) is 1. The first-order valence-corrected chi connectivity index (χ1v) is 4.61. The number of ketones is 1. The zero-order chi connectivity index (χ0) is 10.4.